The van der Waals surface area contributed by atoms with Gasteiger partial charge in [-0.2, -0.15) is 0 Å². The molecule has 3 heterocycles. The van der Waals surface area contributed by atoms with Crippen LogP contribution in [-0.2, 0) is 4.74 Å². The highest BCUT2D eigenvalue weighted by atomic mass is 32.1. The van der Waals surface area contributed by atoms with Gasteiger partial charge in [-0.3, -0.25) is 0 Å². The van der Waals surface area contributed by atoms with E-state index < -0.39 is 0 Å². The number of hydrogen-bond acceptors (Lipinski definition) is 5. The maximum absolute atomic E-state index is 5.89. The molecule has 0 saturated carbocycles. The van der Waals surface area contributed by atoms with Crippen molar-refractivity contribution in [3.8, 4) is 11.1 Å². The average Bonchev–Trinajstić information content (AvgIpc) is 2.97. The molecule has 0 aliphatic carbocycles. The predicted molar refractivity (Wildman–Crippen MR) is 99.8 cm³/mol. The van der Waals surface area contributed by atoms with E-state index in [1.54, 1.807) is 11.3 Å². The Hall–Kier alpha value is -1.98. The highest BCUT2D eigenvalue weighted by Crippen LogP contribution is 2.38. The van der Waals surface area contributed by atoms with Crippen molar-refractivity contribution < 1.29 is 4.74 Å². The molecule has 1 fully saturated rings. The molecule has 4 nitrogen and oxygen atoms in total. The Morgan fingerprint density at radius 1 is 1.08 bits per heavy atom. The van der Waals surface area contributed by atoms with Crippen LogP contribution in [0, 0.1) is 6.92 Å². The smallest absolute Gasteiger partial charge is 0.141 e. The largest absolute Gasteiger partial charge is 0.372 e. The first-order valence-corrected chi connectivity index (χ1v) is 9.21. The van der Waals surface area contributed by atoms with Crippen LogP contribution >= 0.6 is 11.3 Å². The Morgan fingerprint density at radius 3 is 2.50 bits per heavy atom. The number of aryl methyl sites for hydroxylation is 1. The van der Waals surface area contributed by atoms with Gasteiger partial charge in [-0.25, -0.2) is 9.97 Å². The summed E-state index contributed by atoms with van der Waals surface area (Å²) in [4.78, 5) is 12.9. The first-order valence-electron chi connectivity index (χ1n) is 8.33. The second-order valence-corrected chi connectivity index (χ2v) is 7.31. The summed E-state index contributed by atoms with van der Waals surface area (Å²) < 4.78 is 5.89. The second kappa shape index (κ2) is 6.15. The minimum Gasteiger partial charge on any atom is -0.372 e. The summed E-state index contributed by atoms with van der Waals surface area (Å²) in [6.07, 6.45) is 0.413. The molecule has 2 aromatic heterocycles. The number of fused-ring (bicyclic) bond motifs is 1. The summed E-state index contributed by atoms with van der Waals surface area (Å²) in [5.74, 6) is 1.87. The van der Waals surface area contributed by atoms with Crippen LogP contribution in [0.3, 0.4) is 0 Å². The molecule has 2 atom stereocenters. The van der Waals surface area contributed by atoms with E-state index in [2.05, 4.69) is 53.4 Å². The molecular formula is C19H21N3OS. The third-order valence-electron chi connectivity index (χ3n) is 4.33. The molecule has 124 valence electrons. The van der Waals surface area contributed by atoms with Gasteiger partial charge in [0.25, 0.3) is 0 Å². The lowest BCUT2D eigenvalue weighted by Crippen LogP contribution is -2.46. The van der Waals surface area contributed by atoms with Crippen molar-refractivity contribution in [2.45, 2.75) is 33.0 Å². The van der Waals surface area contributed by atoms with Crippen LogP contribution in [0.2, 0.25) is 0 Å². The first kappa shape index (κ1) is 15.5. The van der Waals surface area contributed by atoms with Crippen molar-refractivity contribution in [1.82, 2.24) is 9.97 Å². The summed E-state index contributed by atoms with van der Waals surface area (Å²) >= 11 is 1.69. The third kappa shape index (κ3) is 2.78. The molecule has 0 amide bonds. The van der Waals surface area contributed by atoms with Gasteiger partial charge < -0.3 is 9.64 Å². The normalized spacial score (nSPS) is 21.4. The number of benzene rings is 1. The lowest BCUT2D eigenvalue weighted by molar-refractivity contribution is -0.00537. The number of aromatic nitrogens is 2. The number of nitrogens with zero attached hydrogens (tertiary/aromatic N) is 3. The van der Waals surface area contributed by atoms with Crippen molar-refractivity contribution in [2.75, 3.05) is 18.0 Å². The Bertz CT molecular complexity index is 852. The van der Waals surface area contributed by atoms with E-state index in [1.807, 2.05) is 13.0 Å². The molecule has 1 aliphatic rings. The fourth-order valence-electron chi connectivity index (χ4n) is 3.44. The molecular weight excluding hydrogens is 318 g/mol. The highest BCUT2D eigenvalue weighted by molar-refractivity contribution is 7.17. The van der Waals surface area contributed by atoms with Gasteiger partial charge in [0.1, 0.15) is 16.5 Å². The van der Waals surface area contributed by atoms with Crippen LogP contribution in [0.25, 0.3) is 21.3 Å². The number of thiophene rings is 1. The van der Waals surface area contributed by atoms with Crippen molar-refractivity contribution >= 4 is 27.4 Å². The van der Waals surface area contributed by atoms with E-state index in [4.69, 9.17) is 9.72 Å². The SMILES string of the molecule is Cc1nc(N2C[C@H](C)O[C@@H](C)C2)c2c(-c3ccccc3)csc2n1. The van der Waals surface area contributed by atoms with Gasteiger partial charge in [-0.05, 0) is 26.3 Å². The number of morpholine rings is 1. The number of rotatable bonds is 2. The van der Waals surface area contributed by atoms with Gasteiger partial charge in [0.05, 0.1) is 17.6 Å². The molecule has 0 N–H and O–H groups in total. The van der Waals surface area contributed by atoms with Crippen LogP contribution in [0.15, 0.2) is 35.7 Å². The van der Waals surface area contributed by atoms with Gasteiger partial charge >= 0.3 is 0 Å². The number of anilines is 1. The number of ether oxygens (including phenoxy) is 1. The second-order valence-electron chi connectivity index (χ2n) is 6.45. The summed E-state index contributed by atoms with van der Waals surface area (Å²) in [5, 5.41) is 3.36. The molecule has 1 saturated heterocycles. The summed E-state index contributed by atoms with van der Waals surface area (Å²) in [6.45, 7) is 7.94. The molecule has 5 heteroatoms. The van der Waals surface area contributed by atoms with Crippen LogP contribution in [0.4, 0.5) is 5.82 Å². The van der Waals surface area contributed by atoms with Crippen molar-refractivity contribution in [3.05, 3.63) is 41.5 Å². The fraction of sp³-hybridized carbons (Fsp3) is 0.368. The Labute approximate surface area is 146 Å². The van der Waals surface area contributed by atoms with E-state index in [0.717, 1.165) is 34.9 Å². The first-order chi connectivity index (χ1) is 11.6. The van der Waals surface area contributed by atoms with Gasteiger partial charge in [0, 0.05) is 24.0 Å². The van der Waals surface area contributed by atoms with Crippen LogP contribution < -0.4 is 4.90 Å². The fourth-order valence-corrected chi connectivity index (χ4v) is 4.42. The average molecular weight is 339 g/mol. The highest BCUT2D eigenvalue weighted by Gasteiger charge is 2.26. The Kier molecular flexibility index (Phi) is 3.98. The van der Waals surface area contributed by atoms with Crippen LogP contribution in [0.1, 0.15) is 19.7 Å². The molecule has 0 spiro atoms. The van der Waals surface area contributed by atoms with Crippen molar-refractivity contribution in [3.63, 3.8) is 0 Å². The van der Waals surface area contributed by atoms with Crippen molar-refractivity contribution in [1.29, 1.82) is 0 Å². The van der Waals surface area contributed by atoms with Gasteiger partial charge in [-0.15, -0.1) is 11.3 Å². The zero-order chi connectivity index (χ0) is 16.7. The molecule has 0 unspecified atom stereocenters. The maximum Gasteiger partial charge on any atom is 0.141 e. The Morgan fingerprint density at radius 2 is 1.79 bits per heavy atom. The van der Waals surface area contributed by atoms with E-state index in [-0.39, 0.29) is 12.2 Å². The number of hydrogen-bond donors (Lipinski definition) is 0. The van der Waals surface area contributed by atoms with Gasteiger partial charge in [0.15, 0.2) is 0 Å². The lowest BCUT2D eigenvalue weighted by atomic mass is 10.1. The molecule has 24 heavy (non-hydrogen) atoms. The molecule has 4 rings (SSSR count). The zero-order valence-corrected chi connectivity index (χ0v) is 15.0. The van der Waals surface area contributed by atoms with Gasteiger partial charge in [0.2, 0.25) is 0 Å². The topological polar surface area (TPSA) is 38.2 Å². The standard InChI is InChI=1S/C19H21N3OS/c1-12-9-22(10-13(2)23-12)18-17-16(15-7-5-4-6-8-15)11-24-19(17)21-14(3)20-18/h4-8,11-13H,9-10H2,1-3H3/t12-,13-/m0/s1. The van der Waals surface area contributed by atoms with E-state index in [1.165, 1.54) is 11.1 Å². The van der Waals surface area contributed by atoms with Gasteiger partial charge in [-0.1, -0.05) is 30.3 Å². The minimum absolute atomic E-state index is 0.206. The lowest BCUT2D eigenvalue weighted by Gasteiger charge is -2.36. The minimum atomic E-state index is 0.206. The summed E-state index contributed by atoms with van der Waals surface area (Å²) in [5.41, 5.74) is 2.43. The van der Waals surface area contributed by atoms with Crippen molar-refractivity contribution in [2.24, 2.45) is 0 Å². The molecule has 1 aromatic carbocycles. The monoisotopic (exact) mass is 339 g/mol. The maximum atomic E-state index is 5.89. The quantitative estimate of drug-likeness (QED) is 0.698. The third-order valence-corrected chi connectivity index (χ3v) is 5.20. The Balaban J connectivity index is 1.89. The zero-order valence-electron chi connectivity index (χ0n) is 14.2. The van der Waals surface area contributed by atoms with E-state index >= 15 is 0 Å². The summed E-state index contributed by atoms with van der Waals surface area (Å²) in [7, 11) is 0. The predicted octanol–water partition coefficient (Wildman–Crippen LogP) is 4.28. The molecule has 3 aromatic rings. The summed E-state index contributed by atoms with van der Waals surface area (Å²) in [6, 6.07) is 10.5. The molecule has 1 aliphatic heterocycles. The van der Waals surface area contributed by atoms with Crippen LogP contribution in [-0.4, -0.2) is 35.3 Å². The molecule has 0 radical (unpaired) electrons. The van der Waals surface area contributed by atoms with E-state index in [9.17, 15) is 0 Å². The van der Waals surface area contributed by atoms with Crippen LogP contribution in [0.5, 0.6) is 0 Å². The van der Waals surface area contributed by atoms with E-state index in [0.29, 0.717) is 0 Å². The molecule has 0 bridgehead atoms.